The van der Waals surface area contributed by atoms with Crippen LogP contribution in [-0.4, -0.2) is 50.6 Å². The highest BCUT2D eigenvalue weighted by atomic mass is 32.2. The van der Waals surface area contributed by atoms with E-state index in [4.69, 9.17) is 5.11 Å². The fourth-order valence-corrected chi connectivity index (χ4v) is 2.54. The molecule has 0 saturated carbocycles. The van der Waals surface area contributed by atoms with Crippen molar-refractivity contribution in [3.63, 3.8) is 0 Å². The third kappa shape index (κ3) is 13.4. The standard InChI is InChI=1S/C13H26N2O5S/c1-3-11(5-6-12(16)17)7-9-15-13(18)14-8-4-10-21(2,19)20/h11H,3-10H2,1-2H3,(H,16,17)(H2,14,15,18). The van der Waals surface area contributed by atoms with Gasteiger partial charge in [0.25, 0.3) is 0 Å². The van der Waals surface area contributed by atoms with E-state index in [1.54, 1.807) is 0 Å². The molecule has 0 aromatic heterocycles. The number of aliphatic carboxylic acids is 1. The van der Waals surface area contributed by atoms with E-state index in [9.17, 15) is 18.0 Å². The van der Waals surface area contributed by atoms with Gasteiger partial charge in [0.15, 0.2) is 0 Å². The number of amides is 2. The van der Waals surface area contributed by atoms with Crippen molar-refractivity contribution in [1.82, 2.24) is 10.6 Å². The molecular weight excluding hydrogens is 296 g/mol. The van der Waals surface area contributed by atoms with Gasteiger partial charge in [-0.25, -0.2) is 13.2 Å². The van der Waals surface area contributed by atoms with E-state index in [1.165, 1.54) is 0 Å². The van der Waals surface area contributed by atoms with Gasteiger partial charge in [0, 0.05) is 25.8 Å². The number of carboxylic acid groups (broad SMARTS) is 1. The van der Waals surface area contributed by atoms with Crippen LogP contribution in [0.4, 0.5) is 4.79 Å². The van der Waals surface area contributed by atoms with E-state index in [0.29, 0.717) is 25.9 Å². The predicted molar refractivity (Wildman–Crippen MR) is 81.0 cm³/mol. The number of rotatable bonds is 11. The SMILES string of the molecule is CCC(CCNC(=O)NCCCS(C)(=O)=O)CCC(=O)O. The zero-order valence-corrected chi connectivity index (χ0v) is 13.5. The molecule has 0 radical (unpaired) electrons. The summed E-state index contributed by atoms with van der Waals surface area (Å²) < 4.78 is 21.8. The zero-order valence-electron chi connectivity index (χ0n) is 12.7. The molecule has 3 N–H and O–H groups in total. The van der Waals surface area contributed by atoms with E-state index in [-0.39, 0.29) is 24.1 Å². The highest BCUT2D eigenvalue weighted by molar-refractivity contribution is 7.90. The monoisotopic (exact) mass is 322 g/mol. The molecule has 0 heterocycles. The van der Waals surface area contributed by atoms with Crippen molar-refractivity contribution >= 4 is 21.8 Å². The maximum absolute atomic E-state index is 11.4. The molecule has 0 spiro atoms. The first-order valence-electron chi connectivity index (χ1n) is 7.15. The first-order chi connectivity index (χ1) is 9.74. The molecule has 0 bridgehead atoms. The highest BCUT2D eigenvalue weighted by Crippen LogP contribution is 2.14. The lowest BCUT2D eigenvalue weighted by atomic mass is 9.97. The summed E-state index contributed by atoms with van der Waals surface area (Å²) in [6.45, 7) is 2.79. The molecule has 0 fully saturated rings. The number of carbonyl (C=O) groups is 2. The Morgan fingerprint density at radius 2 is 1.76 bits per heavy atom. The van der Waals surface area contributed by atoms with Gasteiger partial charge in [0.2, 0.25) is 0 Å². The first-order valence-corrected chi connectivity index (χ1v) is 9.22. The quantitative estimate of drug-likeness (QED) is 0.491. The lowest BCUT2D eigenvalue weighted by molar-refractivity contribution is -0.137. The molecule has 1 atom stereocenters. The van der Waals surface area contributed by atoms with Crippen LogP contribution in [0.2, 0.25) is 0 Å². The van der Waals surface area contributed by atoms with Crippen molar-refractivity contribution in [1.29, 1.82) is 0 Å². The van der Waals surface area contributed by atoms with Gasteiger partial charge < -0.3 is 15.7 Å². The van der Waals surface area contributed by atoms with Crippen molar-refractivity contribution in [2.24, 2.45) is 5.92 Å². The number of hydrogen-bond acceptors (Lipinski definition) is 4. The Kier molecular flexibility index (Phi) is 9.77. The molecule has 0 saturated heterocycles. The summed E-state index contributed by atoms with van der Waals surface area (Å²) in [5.74, 6) is -0.461. The largest absolute Gasteiger partial charge is 0.481 e. The van der Waals surface area contributed by atoms with Crippen molar-refractivity contribution in [3.8, 4) is 0 Å². The molecule has 0 rings (SSSR count). The molecule has 0 aliphatic rings. The van der Waals surface area contributed by atoms with Crippen molar-refractivity contribution in [2.75, 3.05) is 25.1 Å². The number of carbonyl (C=O) groups excluding carboxylic acids is 1. The highest BCUT2D eigenvalue weighted by Gasteiger charge is 2.09. The van der Waals surface area contributed by atoms with Crippen LogP contribution in [0.15, 0.2) is 0 Å². The second kappa shape index (κ2) is 10.4. The summed E-state index contributed by atoms with van der Waals surface area (Å²) in [6, 6.07) is -0.323. The van der Waals surface area contributed by atoms with Gasteiger partial charge >= 0.3 is 12.0 Å². The van der Waals surface area contributed by atoms with Crippen LogP contribution in [0.5, 0.6) is 0 Å². The van der Waals surface area contributed by atoms with Crippen LogP contribution in [-0.2, 0) is 14.6 Å². The summed E-state index contributed by atoms with van der Waals surface area (Å²) in [4.78, 5) is 21.9. The normalized spacial score (nSPS) is 12.7. The van der Waals surface area contributed by atoms with Crippen molar-refractivity contribution in [3.05, 3.63) is 0 Å². The summed E-state index contributed by atoms with van der Waals surface area (Å²) >= 11 is 0. The lowest BCUT2D eigenvalue weighted by Gasteiger charge is -2.14. The van der Waals surface area contributed by atoms with E-state index >= 15 is 0 Å². The Morgan fingerprint density at radius 1 is 1.14 bits per heavy atom. The van der Waals surface area contributed by atoms with Crippen LogP contribution in [0.1, 0.15) is 39.0 Å². The first kappa shape index (κ1) is 19.7. The fourth-order valence-electron chi connectivity index (χ4n) is 1.87. The lowest BCUT2D eigenvalue weighted by Crippen LogP contribution is -2.37. The molecule has 1 unspecified atom stereocenters. The van der Waals surface area contributed by atoms with Crippen LogP contribution in [0.3, 0.4) is 0 Å². The van der Waals surface area contributed by atoms with Crippen LogP contribution < -0.4 is 10.6 Å². The van der Waals surface area contributed by atoms with Crippen LogP contribution in [0.25, 0.3) is 0 Å². The van der Waals surface area contributed by atoms with Gasteiger partial charge in [-0.05, 0) is 25.2 Å². The number of nitrogens with one attached hydrogen (secondary N) is 2. The Bertz CT molecular complexity index is 422. The Labute approximate surface area is 126 Å². The van der Waals surface area contributed by atoms with Crippen molar-refractivity contribution < 1.29 is 23.1 Å². The number of carboxylic acids is 1. The fraction of sp³-hybridized carbons (Fsp3) is 0.846. The molecule has 0 aliphatic heterocycles. The maximum atomic E-state index is 11.4. The maximum Gasteiger partial charge on any atom is 0.314 e. The van der Waals surface area contributed by atoms with Gasteiger partial charge in [-0.2, -0.15) is 0 Å². The molecule has 2 amide bonds. The Hall–Kier alpha value is -1.31. The molecule has 0 aromatic rings. The predicted octanol–water partition coefficient (Wildman–Crippen LogP) is 1.00. The van der Waals surface area contributed by atoms with E-state index in [2.05, 4.69) is 10.6 Å². The van der Waals surface area contributed by atoms with Crippen LogP contribution >= 0.6 is 0 Å². The van der Waals surface area contributed by atoms with Gasteiger partial charge in [0.05, 0.1) is 5.75 Å². The summed E-state index contributed by atoms with van der Waals surface area (Å²) in [5.41, 5.74) is 0. The number of hydrogen-bond donors (Lipinski definition) is 3. The third-order valence-corrected chi connectivity index (χ3v) is 4.19. The summed E-state index contributed by atoms with van der Waals surface area (Å²) in [6.07, 6.45) is 3.93. The van der Waals surface area contributed by atoms with E-state index < -0.39 is 15.8 Å². The molecule has 0 aliphatic carbocycles. The zero-order chi connectivity index (χ0) is 16.3. The number of urea groups is 1. The van der Waals surface area contributed by atoms with Gasteiger partial charge in [0.1, 0.15) is 9.84 Å². The smallest absolute Gasteiger partial charge is 0.314 e. The van der Waals surface area contributed by atoms with E-state index in [0.717, 1.165) is 19.1 Å². The second-order valence-corrected chi connectivity index (χ2v) is 7.42. The molecule has 7 nitrogen and oxygen atoms in total. The van der Waals surface area contributed by atoms with Crippen molar-refractivity contribution in [2.45, 2.75) is 39.0 Å². The number of sulfone groups is 1. The third-order valence-electron chi connectivity index (χ3n) is 3.16. The molecule has 8 heteroatoms. The van der Waals surface area contributed by atoms with Gasteiger partial charge in [-0.1, -0.05) is 13.3 Å². The summed E-state index contributed by atoms with van der Waals surface area (Å²) in [7, 11) is -2.99. The summed E-state index contributed by atoms with van der Waals surface area (Å²) in [5, 5.41) is 13.9. The molecule has 21 heavy (non-hydrogen) atoms. The van der Waals surface area contributed by atoms with E-state index in [1.807, 2.05) is 6.92 Å². The van der Waals surface area contributed by atoms with Gasteiger partial charge in [-0.3, -0.25) is 4.79 Å². The molecular formula is C13H26N2O5S. The van der Waals surface area contributed by atoms with Crippen LogP contribution in [0, 0.1) is 5.92 Å². The van der Waals surface area contributed by atoms with Gasteiger partial charge in [-0.15, -0.1) is 0 Å². The minimum Gasteiger partial charge on any atom is -0.481 e. The minimum atomic E-state index is -2.99. The Balaban J connectivity index is 3.70. The average molecular weight is 322 g/mol. The minimum absolute atomic E-state index is 0.0559. The topological polar surface area (TPSA) is 113 Å². The molecule has 124 valence electrons. The Morgan fingerprint density at radius 3 is 2.29 bits per heavy atom. The second-order valence-electron chi connectivity index (χ2n) is 5.16. The molecule has 0 aromatic carbocycles. The average Bonchev–Trinajstić information content (AvgIpc) is 2.37.